The molecule has 0 atom stereocenters. The molecule has 1 heteroatoms. The molecule has 0 unspecified atom stereocenters. The second-order valence-electron chi connectivity index (χ2n) is 4.79. The highest BCUT2D eigenvalue weighted by Crippen LogP contribution is 2.44. The highest BCUT2D eigenvalue weighted by Gasteiger charge is 2.34. The zero-order valence-electron chi connectivity index (χ0n) is 11.6. The summed E-state index contributed by atoms with van der Waals surface area (Å²) in [7, 11) is 1.76. The van der Waals surface area contributed by atoms with Gasteiger partial charge in [-0.3, -0.25) is 0 Å². The summed E-state index contributed by atoms with van der Waals surface area (Å²) in [4.78, 5) is 0. The number of methoxy groups -OCH3 is 1. The van der Waals surface area contributed by atoms with Gasteiger partial charge in [0.05, 0.1) is 7.11 Å². The van der Waals surface area contributed by atoms with E-state index in [2.05, 4.69) is 50.3 Å². The fourth-order valence-corrected chi connectivity index (χ4v) is 3.05. The van der Waals surface area contributed by atoms with Gasteiger partial charge in [-0.15, -0.1) is 0 Å². The Morgan fingerprint density at radius 2 is 1.89 bits per heavy atom. The minimum Gasteiger partial charge on any atom is -0.496 e. The Hall–Kier alpha value is -1.50. The third kappa shape index (κ3) is 1.98. The molecule has 0 saturated carbocycles. The molecule has 1 aliphatic rings. The second kappa shape index (κ2) is 5.43. The minimum atomic E-state index is 0.0968. The van der Waals surface area contributed by atoms with Crippen molar-refractivity contribution < 1.29 is 4.74 Å². The number of hydrogen-bond acceptors (Lipinski definition) is 1. The average Bonchev–Trinajstić information content (AvgIpc) is 2.96. The SMILES string of the molecule is CCC(CC)(C1=CCC=C1)c1ccccc1OC. The molecule has 0 bridgehead atoms. The van der Waals surface area contributed by atoms with Crippen LogP contribution in [0.25, 0.3) is 0 Å². The molecule has 0 saturated heterocycles. The van der Waals surface area contributed by atoms with Crippen LogP contribution in [0.2, 0.25) is 0 Å². The van der Waals surface area contributed by atoms with Gasteiger partial charge in [-0.2, -0.15) is 0 Å². The molecule has 0 radical (unpaired) electrons. The predicted molar refractivity (Wildman–Crippen MR) is 77.1 cm³/mol. The van der Waals surface area contributed by atoms with E-state index < -0.39 is 0 Å². The third-order valence-electron chi connectivity index (χ3n) is 4.15. The Labute approximate surface area is 110 Å². The van der Waals surface area contributed by atoms with Crippen LogP contribution in [-0.2, 0) is 5.41 Å². The summed E-state index contributed by atoms with van der Waals surface area (Å²) in [5.41, 5.74) is 2.85. The maximum atomic E-state index is 5.56. The number of para-hydroxylation sites is 1. The predicted octanol–water partition coefficient (Wildman–Crippen LogP) is 4.64. The van der Waals surface area contributed by atoms with Gasteiger partial charge in [0, 0.05) is 11.0 Å². The minimum absolute atomic E-state index is 0.0968. The van der Waals surface area contributed by atoms with Crippen molar-refractivity contribution in [3.05, 3.63) is 53.6 Å². The molecule has 0 heterocycles. The van der Waals surface area contributed by atoms with Crippen LogP contribution in [0.1, 0.15) is 38.7 Å². The van der Waals surface area contributed by atoms with Gasteiger partial charge in [-0.1, -0.05) is 50.3 Å². The molecule has 1 nitrogen and oxygen atoms in total. The molecular weight excluding hydrogens is 220 g/mol. The number of rotatable bonds is 5. The maximum Gasteiger partial charge on any atom is 0.122 e. The summed E-state index contributed by atoms with van der Waals surface area (Å²) in [5, 5.41) is 0. The number of ether oxygens (including phenoxy) is 1. The lowest BCUT2D eigenvalue weighted by atomic mass is 9.70. The molecule has 0 fully saturated rings. The summed E-state index contributed by atoms with van der Waals surface area (Å²) in [6, 6.07) is 8.42. The standard InChI is InChI=1S/C17H22O/c1-4-17(5-2,14-10-6-7-11-14)15-12-8-9-13-16(15)18-3/h6,8-13H,4-5,7H2,1-3H3. The van der Waals surface area contributed by atoms with Crippen LogP contribution < -0.4 is 4.74 Å². The molecule has 1 aromatic carbocycles. The van der Waals surface area contributed by atoms with E-state index in [1.807, 2.05) is 6.07 Å². The zero-order chi connectivity index (χ0) is 13.0. The van der Waals surface area contributed by atoms with Gasteiger partial charge in [-0.25, -0.2) is 0 Å². The topological polar surface area (TPSA) is 9.23 Å². The highest BCUT2D eigenvalue weighted by molar-refractivity contribution is 5.50. The van der Waals surface area contributed by atoms with Crippen molar-refractivity contribution in [1.82, 2.24) is 0 Å². The fraction of sp³-hybridized carbons (Fsp3) is 0.412. The van der Waals surface area contributed by atoms with Gasteiger partial charge in [0.2, 0.25) is 0 Å². The van der Waals surface area contributed by atoms with Crippen LogP contribution in [0.15, 0.2) is 48.1 Å². The monoisotopic (exact) mass is 242 g/mol. The first kappa shape index (κ1) is 12.9. The smallest absolute Gasteiger partial charge is 0.122 e. The molecule has 0 aromatic heterocycles. The molecule has 96 valence electrons. The zero-order valence-corrected chi connectivity index (χ0v) is 11.6. The summed E-state index contributed by atoms with van der Waals surface area (Å²) in [6.07, 6.45) is 10.1. The summed E-state index contributed by atoms with van der Waals surface area (Å²) >= 11 is 0. The summed E-state index contributed by atoms with van der Waals surface area (Å²) in [6.45, 7) is 4.53. The van der Waals surface area contributed by atoms with Crippen molar-refractivity contribution in [1.29, 1.82) is 0 Å². The van der Waals surface area contributed by atoms with Gasteiger partial charge in [0.15, 0.2) is 0 Å². The lowest BCUT2D eigenvalue weighted by Gasteiger charge is -2.34. The molecule has 2 rings (SSSR count). The summed E-state index contributed by atoms with van der Waals surface area (Å²) < 4.78 is 5.56. The Morgan fingerprint density at radius 1 is 1.17 bits per heavy atom. The van der Waals surface area contributed by atoms with E-state index in [0.717, 1.165) is 25.0 Å². The quantitative estimate of drug-likeness (QED) is 0.731. The van der Waals surface area contributed by atoms with Crippen LogP contribution in [-0.4, -0.2) is 7.11 Å². The number of hydrogen-bond donors (Lipinski definition) is 0. The molecule has 0 N–H and O–H groups in total. The van der Waals surface area contributed by atoms with E-state index in [1.54, 1.807) is 7.11 Å². The van der Waals surface area contributed by atoms with Gasteiger partial charge in [0.25, 0.3) is 0 Å². The number of allylic oxidation sites excluding steroid dienone is 4. The van der Waals surface area contributed by atoms with Gasteiger partial charge in [-0.05, 0) is 30.9 Å². The molecule has 18 heavy (non-hydrogen) atoms. The van der Waals surface area contributed by atoms with Crippen molar-refractivity contribution in [2.24, 2.45) is 0 Å². The Kier molecular flexibility index (Phi) is 3.90. The van der Waals surface area contributed by atoms with E-state index >= 15 is 0 Å². The van der Waals surface area contributed by atoms with Crippen molar-refractivity contribution in [3.63, 3.8) is 0 Å². The summed E-state index contributed by atoms with van der Waals surface area (Å²) in [5.74, 6) is 1.00. The molecule has 0 aliphatic heterocycles. The third-order valence-corrected chi connectivity index (χ3v) is 4.15. The van der Waals surface area contributed by atoms with E-state index in [4.69, 9.17) is 4.74 Å². The molecule has 1 aliphatic carbocycles. The molecule has 0 amide bonds. The average molecular weight is 242 g/mol. The largest absolute Gasteiger partial charge is 0.496 e. The van der Waals surface area contributed by atoms with Gasteiger partial charge >= 0.3 is 0 Å². The van der Waals surface area contributed by atoms with Crippen LogP contribution in [0.5, 0.6) is 5.75 Å². The van der Waals surface area contributed by atoms with E-state index in [-0.39, 0.29) is 5.41 Å². The van der Waals surface area contributed by atoms with Gasteiger partial charge < -0.3 is 4.74 Å². The van der Waals surface area contributed by atoms with E-state index in [1.165, 1.54) is 11.1 Å². The molecular formula is C17H22O. The first-order chi connectivity index (χ1) is 8.78. The first-order valence-electron chi connectivity index (χ1n) is 6.79. The van der Waals surface area contributed by atoms with Crippen molar-refractivity contribution in [2.45, 2.75) is 38.5 Å². The Balaban J connectivity index is 2.56. The normalized spacial score (nSPS) is 14.7. The van der Waals surface area contributed by atoms with E-state index in [9.17, 15) is 0 Å². The second-order valence-corrected chi connectivity index (χ2v) is 4.79. The lowest BCUT2D eigenvalue weighted by molar-refractivity contribution is 0.385. The molecule has 1 aromatic rings. The molecule has 0 spiro atoms. The Morgan fingerprint density at radius 3 is 2.44 bits per heavy atom. The first-order valence-corrected chi connectivity index (χ1v) is 6.79. The van der Waals surface area contributed by atoms with Gasteiger partial charge in [0.1, 0.15) is 5.75 Å². The Bertz CT molecular complexity index is 464. The fourth-order valence-electron chi connectivity index (χ4n) is 3.05. The van der Waals surface area contributed by atoms with Crippen molar-refractivity contribution >= 4 is 0 Å². The van der Waals surface area contributed by atoms with Crippen molar-refractivity contribution in [2.75, 3.05) is 7.11 Å². The van der Waals surface area contributed by atoms with Crippen LogP contribution in [0.3, 0.4) is 0 Å². The maximum absolute atomic E-state index is 5.56. The highest BCUT2D eigenvalue weighted by atomic mass is 16.5. The van der Waals surface area contributed by atoms with Crippen LogP contribution >= 0.6 is 0 Å². The van der Waals surface area contributed by atoms with Crippen LogP contribution in [0, 0.1) is 0 Å². The van der Waals surface area contributed by atoms with Crippen molar-refractivity contribution in [3.8, 4) is 5.75 Å². The van der Waals surface area contributed by atoms with Crippen LogP contribution in [0.4, 0.5) is 0 Å². The van der Waals surface area contributed by atoms with E-state index in [0.29, 0.717) is 0 Å². The lowest BCUT2D eigenvalue weighted by Crippen LogP contribution is -2.26. The number of benzene rings is 1.